The van der Waals surface area contributed by atoms with Crippen molar-refractivity contribution < 1.29 is 14.3 Å². The molecule has 2 N–H and O–H groups in total. The van der Waals surface area contributed by atoms with Crippen molar-refractivity contribution in [3.63, 3.8) is 0 Å². The lowest BCUT2D eigenvalue weighted by molar-refractivity contribution is 0.0995. The normalized spacial score (nSPS) is 10.2. The molecule has 0 radical (unpaired) electrons. The first-order chi connectivity index (χ1) is 8.20. The fraction of sp³-hybridized carbons (Fsp3) is 0.167. The number of nitrogens with zero attached hydrogens (tertiary/aromatic N) is 1. The smallest absolute Gasteiger partial charge is 0.292 e. The summed E-state index contributed by atoms with van der Waals surface area (Å²) in [5, 5.41) is 11.5. The third kappa shape index (κ3) is 2.51. The molecule has 2 aromatic heterocycles. The fourth-order valence-corrected chi connectivity index (χ4v) is 1.42. The lowest BCUT2D eigenvalue weighted by Crippen LogP contribution is -2.13. The number of pyridine rings is 1. The van der Waals surface area contributed by atoms with E-state index in [1.807, 2.05) is 0 Å². The van der Waals surface area contributed by atoms with E-state index in [9.17, 15) is 4.79 Å². The standard InChI is InChI=1S/C12H12N2O3/c1-8-5-6-17-11(8)12(16)14-10-4-2-3-9(7-15)13-10/h2-6,15H,7H2,1H3,(H,13,14,16). The molecule has 0 aliphatic rings. The zero-order valence-corrected chi connectivity index (χ0v) is 9.30. The Kier molecular flexibility index (Phi) is 3.20. The number of aliphatic hydroxyl groups is 1. The molecule has 5 heteroatoms. The summed E-state index contributed by atoms with van der Waals surface area (Å²) < 4.78 is 5.07. The van der Waals surface area contributed by atoms with Gasteiger partial charge in [0.1, 0.15) is 5.82 Å². The quantitative estimate of drug-likeness (QED) is 0.845. The van der Waals surface area contributed by atoms with Crippen LogP contribution in [0.25, 0.3) is 0 Å². The SMILES string of the molecule is Cc1ccoc1C(=O)Nc1cccc(CO)n1. The largest absolute Gasteiger partial charge is 0.459 e. The van der Waals surface area contributed by atoms with Gasteiger partial charge < -0.3 is 14.8 Å². The summed E-state index contributed by atoms with van der Waals surface area (Å²) in [4.78, 5) is 15.8. The van der Waals surface area contributed by atoms with Crippen molar-refractivity contribution in [2.24, 2.45) is 0 Å². The van der Waals surface area contributed by atoms with E-state index in [-0.39, 0.29) is 18.3 Å². The molecule has 17 heavy (non-hydrogen) atoms. The molecule has 0 fully saturated rings. The summed E-state index contributed by atoms with van der Waals surface area (Å²) in [6.45, 7) is 1.62. The number of hydrogen-bond acceptors (Lipinski definition) is 4. The Bertz CT molecular complexity index is 534. The van der Waals surface area contributed by atoms with Gasteiger partial charge in [-0.05, 0) is 25.1 Å². The Morgan fingerprint density at radius 1 is 1.47 bits per heavy atom. The molecular weight excluding hydrogens is 220 g/mol. The van der Waals surface area contributed by atoms with Gasteiger partial charge in [0.05, 0.1) is 18.6 Å². The molecule has 0 saturated heterocycles. The van der Waals surface area contributed by atoms with Gasteiger partial charge in [-0.3, -0.25) is 4.79 Å². The average Bonchev–Trinajstić information content (AvgIpc) is 2.76. The van der Waals surface area contributed by atoms with Crippen molar-refractivity contribution in [1.29, 1.82) is 0 Å². The van der Waals surface area contributed by atoms with Crippen LogP contribution >= 0.6 is 0 Å². The molecule has 2 aromatic rings. The number of aliphatic hydroxyl groups excluding tert-OH is 1. The van der Waals surface area contributed by atoms with Crippen molar-refractivity contribution >= 4 is 11.7 Å². The molecule has 0 unspecified atom stereocenters. The molecule has 2 heterocycles. The van der Waals surface area contributed by atoms with E-state index in [0.717, 1.165) is 5.56 Å². The maximum absolute atomic E-state index is 11.8. The Morgan fingerprint density at radius 3 is 2.94 bits per heavy atom. The number of hydrogen-bond donors (Lipinski definition) is 2. The van der Waals surface area contributed by atoms with Gasteiger partial charge in [-0.1, -0.05) is 6.07 Å². The lowest BCUT2D eigenvalue weighted by Gasteiger charge is -2.04. The van der Waals surface area contributed by atoms with Crippen LogP contribution in [0.15, 0.2) is 34.9 Å². The summed E-state index contributed by atoms with van der Waals surface area (Å²) in [5.74, 6) is 0.300. The molecule has 0 atom stereocenters. The van der Waals surface area contributed by atoms with Gasteiger partial charge in [-0.15, -0.1) is 0 Å². The van der Waals surface area contributed by atoms with E-state index in [1.54, 1.807) is 31.2 Å². The summed E-state index contributed by atoms with van der Waals surface area (Å²) in [6, 6.07) is 6.75. The highest BCUT2D eigenvalue weighted by molar-refractivity contribution is 6.02. The topological polar surface area (TPSA) is 75.4 Å². The van der Waals surface area contributed by atoms with E-state index in [4.69, 9.17) is 9.52 Å². The van der Waals surface area contributed by atoms with Crippen LogP contribution < -0.4 is 5.32 Å². The van der Waals surface area contributed by atoms with Gasteiger partial charge in [-0.25, -0.2) is 4.98 Å². The predicted molar refractivity (Wildman–Crippen MR) is 61.6 cm³/mol. The number of anilines is 1. The average molecular weight is 232 g/mol. The second-order valence-corrected chi connectivity index (χ2v) is 3.56. The summed E-state index contributed by atoms with van der Waals surface area (Å²) >= 11 is 0. The van der Waals surface area contributed by atoms with Gasteiger partial charge >= 0.3 is 0 Å². The van der Waals surface area contributed by atoms with E-state index >= 15 is 0 Å². The zero-order chi connectivity index (χ0) is 12.3. The number of aromatic nitrogens is 1. The molecule has 0 aromatic carbocycles. The van der Waals surface area contributed by atoms with Crippen LogP contribution in [0.2, 0.25) is 0 Å². The van der Waals surface area contributed by atoms with Crippen LogP contribution in [0, 0.1) is 6.92 Å². The second kappa shape index (κ2) is 4.80. The molecule has 0 bridgehead atoms. The van der Waals surface area contributed by atoms with Crippen molar-refractivity contribution in [2.45, 2.75) is 13.5 Å². The van der Waals surface area contributed by atoms with E-state index in [0.29, 0.717) is 11.5 Å². The number of amides is 1. The highest BCUT2D eigenvalue weighted by Crippen LogP contribution is 2.12. The molecule has 0 spiro atoms. The number of carbonyl (C=O) groups is 1. The first kappa shape index (κ1) is 11.3. The van der Waals surface area contributed by atoms with Gasteiger partial charge in [0.25, 0.3) is 5.91 Å². The highest BCUT2D eigenvalue weighted by Gasteiger charge is 2.13. The van der Waals surface area contributed by atoms with Crippen LogP contribution in [-0.4, -0.2) is 16.0 Å². The number of nitrogens with one attached hydrogen (secondary N) is 1. The van der Waals surface area contributed by atoms with Crippen LogP contribution in [0.3, 0.4) is 0 Å². The summed E-state index contributed by atoms with van der Waals surface area (Å²) in [6.07, 6.45) is 1.46. The summed E-state index contributed by atoms with van der Waals surface area (Å²) in [7, 11) is 0. The molecular formula is C12H12N2O3. The fourth-order valence-electron chi connectivity index (χ4n) is 1.42. The molecule has 5 nitrogen and oxygen atoms in total. The second-order valence-electron chi connectivity index (χ2n) is 3.56. The molecule has 0 saturated carbocycles. The first-order valence-corrected chi connectivity index (χ1v) is 5.13. The Hall–Kier alpha value is -2.14. The van der Waals surface area contributed by atoms with Crippen molar-refractivity contribution in [2.75, 3.05) is 5.32 Å². The van der Waals surface area contributed by atoms with Crippen LogP contribution in [0.5, 0.6) is 0 Å². The minimum absolute atomic E-state index is 0.163. The molecule has 88 valence electrons. The van der Waals surface area contributed by atoms with Crippen LogP contribution in [0.1, 0.15) is 21.8 Å². The van der Waals surface area contributed by atoms with Gasteiger partial charge in [0.15, 0.2) is 5.76 Å². The van der Waals surface area contributed by atoms with Crippen molar-refractivity contribution in [1.82, 2.24) is 4.98 Å². The third-order valence-corrected chi connectivity index (χ3v) is 2.28. The number of aryl methyl sites for hydroxylation is 1. The monoisotopic (exact) mass is 232 g/mol. The molecule has 0 aliphatic heterocycles. The molecule has 1 amide bonds. The first-order valence-electron chi connectivity index (χ1n) is 5.13. The summed E-state index contributed by atoms with van der Waals surface area (Å²) in [5.41, 5.74) is 1.26. The molecule has 0 aliphatic carbocycles. The Morgan fingerprint density at radius 2 is 2.29 bits per heavy atom. The predicted octanol–water partition coefficient (Wildman–Crippen LogP) is 1.73. The maximum Gasteiger partial charge on any atom is 0.292 e. The number of furan rings is 1. The number of carbonyl (C=O) groups excluding carboxylic acids is 1. The van der Waals surface area contributed by atoms with Crippen molar-refractivity contribution in [3.8, 4) is 0 Å². The van der Waals surface area contributed by atoms with Crippen LogP contribution in [0.4, 0.5) is 5.82 Å². The Labute approximate surface area is 98.1 Å². The minimum atomic E-state index is -0.352. The maximum atomic E-state index is 11.8. The highest BCUT2D eigenvalue weighted by atomic mass is 16.3. The van der Waals surface area contributed by atoms with Gasteiger partial charge in [0, 0.05) is 5.56 Å². The third-order valence-electron chi connectivity index (χ3n) is 2.28. The van der Waals surface area contributed by atoms with Crippen molar-refractivity contribution in [3.05, 3.63) is 47.5 Å². The zero-order valence-electron chi connectivity index (χ0n) is 9.30. The lowest BCUT2D eigenvalue weighted by atomic mass is 10.2. The van der Waals surface area contributed by atoms with Gasteiger partial charge in [-0.2, -0.15) is 0 Å². The van der Waals surface area contributed by atoms with Crippen LogP contribution in [-0.2, 0) is 6.61 Å². The van der Waals surface area contributed by atoms with E-state index < -0.39 is 0 Å². The molecule has 2 rings (SSSR count). The van der Waals surface area contributed by atoms with Gasteiger partial charge in [0.2, 0.25) is 0 Å². The Balaban J connectivity index is 2.16. The number of rotatable bonds is 3. The minimum Gasteiger partial charge on any atom is -0.459 e. The van der Waals surface area contributed by atoms with E-state index in [1.165, 1.54) is 6.26 Å². The van der Waals surface area contributed by atoms with E-state index in [2.05, 4.69) is 10.3 Å².